The Morgan fingerprint density at radius 2 is 1.94 bits per heavy atom. The Bertz CT molecular complexity index is 1330. The predicted molar refractivity (Wildman–Crippen MR) is 132 cm³/mol. The Morgan fingerprint density at radius 1 is 1.18 bits per heavy atom. The van der Waals surface area contributed by atoms with Crippen molar-refractivity contribution in [3.05, 3.63) is 58.9 Å². The van der Waals surface area contributed by atoms with Crippen LogP contribution in [0.15, 0.2) is 62.9 Å². The van der Waals surface area contributed by atoms with Crippen LogP contribution in [0.25, 0.3) is 22.1 Å². The van der Waals surface area contributed by atoms with Gasteiger partial charge in [0.25, 0.3) is 5.56 Å². The summed E-state index contributed by atoms with van der Waals surface area (Å²) in [6, 6.07) is 14.7. The summed E-state index contributed by atoms with van der Waals surface area (Å²) in [4.78, 5) is 30.6. The third-order valence-electron chi connectivity index (χ3n) is 5.16. The van der Waals surface area contributed by atoms with Crippen LogP contribution in [0, 0.1) is 5.92 Å². The summed E-state index contributed by atoms with van der Waals surface area (Å²) in [6.07, 6.45) is 0.819. The fraction of sp³-hybridized carbons (Fsp3) is 0.320. The Hall–Kier alpha value is -3.26. The van der Waals surface area contributed by atoms with Crippen LogP contribution in [0.2, 0.25) is 0 Å². The highest BCUT2D eigenvalue weighted by molar-refractivity contribution is 7.99. The van der Waals surface area contributed by atoms with Gasteiger partial charge in [-0.05, 0) is 55.7 Å². The van der Waals surface area contributed by atoms with Crippen LogP contribution in [-0.2, 0) is 11.3 Å². The molecule has 2 aromatic carbocycles. The number of amides is 1. The van der Waals surface area contributed by atoms with Crippen molar-refractivity contribution in [2.45, 2.75) is 38.9 Å². The van der Waals surface area contributed by atoms with Gasteiger partial charge in [-0.3, -0.25) is 14.2 Å². The molecule has 0 fully saturated rings. The number of ether oxygens (including phenoxy) is 1. The number of nitrogens with one attached hydrogen (secondary N) is 1. The lowest BCUT2D eigenvalue weighted by Crippen LogP contribution is -2.24. The quantitative estimate of drug-likeness (QED) is 0.266. The number of thioether (sulfide) groups is 1. The van der Waals surface area contributed by atoms with Crippen LogP contribution in [0.3, 0.4) is 0 Å². The number of rotatable bonds is 9. The zero-order chi connectivity index (χ0) is 23.4. The first-order chi connectivity index (χ1) is 16.0. The number of hydrogen-bond donors (Lipinski definition) is 1. The molecule has 4 aromatic rings. The lowest BCUT2D eigenvalue weighted by molar-refractivity contribution is -0.113. The normalized spacial score (nSPS) is 11.4. The molecule has 0 saturated carbocycles. The highest BCUT2D eigenvalue weighted by Gasteiger charge is 2.18. The molecule has 33 heavy (non-hydrogen) atoms. The maximum Gasteiger partial charge on any atom is 0.297 e. The van der Waals surface area contributed by atoms with Crippen molar-refractivity contribution in [3.8, 4) is 5.75 Å². The molecular weight excluding hydrogens is 438 g/mol. The van der Waals surface area contributed by atoms with Gasteiger partial charge in [-0.2, -0.15) is 0 Å². The first-order valence-corrected chi connectivity index (χ1v) is 12.0. The Labute approximate surface area is 196 Å². The summed E-state index contributed by atoms with van der Waals surface area (Å²) in [6.45, 7) is 7.24. The Balaban J connectivity index is 1.58. The monoisotopic (exact) mass is 465 g/mol. The summed E-state index contributed by atoms with van der Waals surface area (Å²) in [5, 5.41) is 4.19. The molecule has 0 aliphatic carbocycles. The molecule has 0 atom stereocenters. The van der Waals surface area contributed by atoms with E-state index in [1.165, 1.54) is 11.8 Å². The molecule has 4 rings (SSSR count). The lowest BCUT2D eigenvalue weighted by atomic mass is 10.1. The second kappa shape index (κ2) is 10.1. The van der Waals surface area contributed by atoms with Gasteiger partial charge in [0.1, 0.15) is 16.8 Å². The Kier molecular flexibility index (Phi) is 7.03. The van der Waals surface area contributed by atoms with Crippen LogP contribution in [0.5, 0.6) is 5.75 Å². The minimum atomic E-state index is -0.216. The maximum atomic E-state index is 13.3. The van der Waals surface area contributed by atoms with E-state index in [1.54, 1.807) is 16.7 Å². The fourth-order valence-corrected chi connectivity index (χ4v) is 4.29. The van der Waals surface area contributed by atoms with Crippen molar-refractivity contribution in [2.75, 3.05) is 17.7 Å². The van der Waals surface area contributed by atoms with Gasteiger partial charge in [-0.25, -0.2) is 4.98 Å². The topological polar surface area (TPSA) is 86.4 Å². The first-order valence-electron chi connectivity index (χ1n) is 11.0. The van der Waals surface area contributed by atoms with Crippen LogP contribution in [0.4, 0.5) is 5.69 Å². The van der Waals surface area contributed by atoms with Gasteiger partial charge in [-0.15, -0.1) is 0 Å². The molecular formula is C25H27N3O4S. The van der Waals surface area contributed by atoms with E-state index in [0.717, 1.165) is 17.6 Å². The summed E-state index contributed by atoms with van der Waals surface area (Å²) in [5.41, 5.74) is 1.88. The van der Waals surface area contributed by atoms with E-state index in [-0.39, 0.29) is 22.8 Å². The van der Waals surface area contributed by atoms with Crippen LogP contribution in [0.1, 0.15) is 27.2 Å². The highest BCUT2D eigenvalue weighted by Crippen LogP contribution is 2.27. The molecule has 172 valence electrons. The number of benzene rings is 2. The van der Waals surface area contributed by atoms with Crippen LogP contribution < -0.4 is 15.6 Å². The van der Waals surface area contributed by atoms with E-state index >= 15 is 0 Å². The summed E-state index contributed by atoms with van der Waals surface area (Å²) in [5.74, 6) is 1.13. The van der Waals surface area contributed by atoms with Gasteiger partial charge in [0, 0.05) is 17.6 Å². The zero-order valence-corrected chi connectivity index (χ0v) is 19.8. The number of hydrogen-bond acceptors (Lipinski definition) is 6. The molecule has 0 radical (unpaired) electrons. The largest absolute Gasteiger partial charge is 0.494 e. The zero-order valence-electron chi connectivity index (χ0n) is 19.0. The smallest absolute Gasteiger partial charge is 0.297 e. The summed E-state index contributed by atoms with van der Waals surface area (Å²) in [7, 11) is 0. The molecule has 0 unspecified atom stereocenters. The highest BCUT2D eigenvalue weighted by atomic mass is 32.2. The molecule has 7 nitrogen and oxygen atoms in total. The van der Waals surface area contributed by atoms with E-state index in [0.29, 0.717) is 41.0 Å². The average Bonchev–Trinajstić information content (AvgIpc) is 3.17. The molecule has 2 aromatic heterocycles. The molecule has 0 saturated heterocycles. The van der Waals surface area contributed by atoms with Crippen LogP contribution in [-0.4, -0.2) is 27.8 Å². The van der Waals surface area contributed by atoms with E-state index in [4.69, 9.17) is 14.1 Å². The maximum absolute atomic E-state index is 13.3. The van der Waals surface area contributed by atoms with Crippen molar-refractivity contribution >= 4 is 45.4 Å². The summed E-state index contributed by atoms with van der Waals surface area (Å²) < 4.78 is 12.9. The molecule has 8 heteroatoms. The molecule has 0 spiro atoms. The molecule has 2 heterocycles. The van der Waals surface area contributed by atoms with E-state index in [1.807, 2.05) is 43.3 Å². The number of fused-ring (bicyclic) bond motifs is 3. The van der Waals surface area contributed by atoms with Crippen molar-refractivity contribution in [3.63, 3.8) is 0 Å². The number of carbonyl (C=O) groups is 1. The number of carbonyl (C=O) groups excluding carboxylic acids is 1. The third kappa shape index (κ3) is 5.22. The second-order valence-corrected chi connectivity index (χ2v) is 9.05. The summed E-state index contributed by atoms with van der Waals surface area (Å²) >= 11 is 1.25. The van der Waals surface area contributed by atoms with Crippen LogP contribution >= 0.6 is 11.8 Å². The van der Waals surface area contributed by atoms with Crippen molar-refractivity contribution in [2.24, 2.45) is 5.92 Å². The number of aromatic nitrogens is 2. The molecule has 1 N–H and O–H groups in total. The van der Waals surface area contributed by atoms with E-state index < -0.39 is 0 Å². The second-order valence-electron chi connectivity index (χ2n) is 8.10. The SMILES string of the molecule is CCOc1ccc(NC(=O)CSc2nc3c(oc4ccccc43)c(=O)n2CCC(C)C)cc1. The third-order valence-corrected chi connectivity index (χ3v) is 6.13. The minimum Gasteiger partial charge on any atom is -0.494 e. The first kappa shape index (κ1) is 22.9. The standard InChI is InChI=1S/C25H27N3O4S/c1-4-31-18-11-9-17(10-12-18)26-21(29)15-33-25-27-22-19-7-5-6-8-20(19)32-23(22)24(30)28(25)14-13-16(2)3/h5-12,16H,4,13-15H2,1-3H3,(H,26,29). The number of anilines is 1. The van der Waals surface area contributed by atoms with Gasteiger partial charge in [0.2, 0.25) is 11.5 Å². The molecule has 0 bridgehead atoms. The van der Waals surface area contributed by atoms with Gasteiger partial charge >= 0.3 is 0 Å². The lowest BCUT2D eigenvalue weighted by Gasteiger charge is -2.13. The van der Waals surface area contributed by atoms with E-state index in [2.05, 4.69) is 19.2 Å². The van der Waals surface area contributed by atoms with Gasteiger partial charge < -0.3 is 14.5 Å². The van der Waals surface area contributed by atoms with Crippen molar-refractivity contribution in [1.29, 1.82) is 0 Å². The van der Waals surface area contributed by atoms with E-state index in [9.17, 15) is 9.59 Å². The molecule has 1 amide bonds. The van der Waals surface area contributed by atoms with Crippen molar-refractivity contribution < 1.29 is 13.9 Å². The minimum absolute atomic E-state index is 0.128. The average molecular weight is 466 g/mol. The molecule has 0 aliphatic heterocycles. The van der Waals surface area contributed by atoms with Gasteiger partial charge in [0.05, 0.1) is 12.4 Å². The number of nitrogens with zero attached hydrogens (tertiary/aromatic N) is 2. The van der Waals surface area contributed by atoms with Gasteiger partial charge in [-0.1, -0.05) is 37.7 Å². The fourth-order valence-electron chi connectivity index (χ4n) is 3.48. The number of furan rings is 1. The van der Waals surface area contributed by atoms with Crippen molar-refractivity contribution in [1.82, 2.24) is 9.55 Å². The van der Waals surface area contributed by atoms with Gasteiger partial charge in [0.15, 0.2) is 5.16 Å². The Morgan fingerprint density at radius 3 is 2.67 bits per heavy atom. The number of para-hydroxylation sites is 1. The molecule has 0 aliphatic rings. The predicted octanol–water partition coefficient (Wildman–Crippen LogP) is 5.32.